The Labute approximate surface area is 114 Å². The summed E-state index contributed by atoms with van der Waals surface area (Å²) < 4.78 is 0. The van der Waals surface area contributed by atoms with Gasteiger partial charge in [0.25, 0.3) is 0 Å². The Bertz CT molecular complexity index is 362. The van der Waals surface area contributed by atoms with E-state index in [1.807, 2.05) is 23.9 Å². The summed E-state index contributed by atoms with van der Waals surface area (Å²) in [7, 11) is 2.20. The number of nitrogens with two attached hydrogens (primary N) is 1. The maximum atomic E-state index is 5.92. The van der Waals surface area contributed by atoms with E-state index >= 15 is 0 Å². The molecule has 1 aromatic carbocycles. The minimum atomic E-state index is 0.905. The highest BCUT2D eigenvalue weighted by Crippen LogP contribution is 2.24. The van der Waals surface area contributed by atoms with Crippen LogP contribution in [0.2, 0.25) is 0 Å². The number of thioether (sulfide) groups is 1. The van der Waals surface area contributed by atoms with Crippen molar-refractivity contribution in [2.45, 2.75) is 11.3 Å². The molecule has 0 radical (unpaired) electrons. The van der Waals surface area contributed by atoms with Crippen molar-refractivity contribution in [3.63, 3.8) is 0 Å². The molecule has 18 heavy (non-hydrogen) atoms. The molecule has 4 heteroatoms. The van der Waals surface area contributed by atoms with Gasteiger partial charge in [-0.2, -0.15) is 0 Å². The second-order valence-corrected chi connectivity index (χ2v) is 6.02. The number of para-hydroxylation sites is 1. The van der Waals surface area contributed by atoms with E-state index in [2.05, 4.69) is 29.0 Å². The Hall–Kier alpha value is -0.710. The second-order valence-electron chi connectivity index (χ2n) is 4.88. The number of hydrogen-bond donors (Lipinski definition) is 1. The molecule has 1 aliphatic heterocycles. The van der Waals surface area contributed by atoms with Crippen LogP contribution in [0.1, 0.15) is 6.42 Å². The molecule has 0 aromatic heterocycles. The smallest absolute Gasteiger partial charge is 0.0452 e. The summed E-state index contributed by atoms with van der Waals surface area (Å²) >= 11 is 1.87. The third-order valence-electron chi connectivity index (χ3n) is 3.39. The number of nitrogen functional groups attached to an aromatic ring is 1. The molecular weight excluding hydrogens is 242 g/mol. The van der Waals surface area contributed by atoms with E-state index < -0.39 is 0 Å². The lowest BCUT2D eigenvalue weighted by Gasteiger charge is -2.32. The average molecular weight is 265 g/mol. The Morgan fingerprint density at radius 2 is 1.89 bits per heavy atom. The van der Waals surface area contributed by atoms with Crippen LogP contribution in [0.4, 0.5) is 5.69 Å². The molecule has 100 valence electrons. The van der Waals surface area contributed by atoms with Gasteiger partial charge in [-0.15, -0.1) is 11.8 Å². The molecule has 0 spiro atoms. The number of rotatable bonds is 5. The summed E-state index contributed by atoms with van der Waals surface area (Å²) in [5.74, 6) is 1.15. The van der Waals surface area contributed by atoms with E-state index in [1.54, 1.807) is 0 Å². The first kappa shape index (κ1) is 13.7. The topological polar surface area (TPSA) is 32.5 Å². The molecule has 0 amide bonds. The second kappa shape index (κ2) is 7.02. The van der Waals surface area contributed by atoms with Crippen LogP contribution in [0.25, 0.3) is 0 Å². The first-order chi connectivity index (χ1) is 8.75. The summed E-state index contributed by atoms with van der Waals surface area (Å²) in [4.78, 5) is 6.18. The van der Waals surface area contributed by atoms with Gasteiger partial charge in [0, 0.05) is 36.8 Å². The fourth-order valence-electron chi connectivity index (χ4n) is 2.15. The predicted octanol–water partition coefficient (Wildman–Crippen LogP) is 2.00. The molecule has 1 heterocycles. The fraction of sp³-hybridized carbons (Fsp3) is 0.571. The number of likely N-dealkylation sites (N-methyl/N-ethyl adjacent to an activating group) is 1. The lowest BCUT2D eigenvalue weighted by Crippen LogP contribution is -2.44. The Morgan fingerprint density at radius 3 is 2.61 bits per heavy atom. The Balaban J connectivity index is 1.63. The van der Waals surface area contributed by atoms with Crippen molar-refractivity contribution >= 4 is 17.4 Å². The number of benzene rings is 1. The number of nitrogens with zero attached hydrogens (tertiary/aromatic N) is 2. The van der Waals surface area contributed by atoms with Crippen molar-refractivity contribution in [1.29, 1.82) is 0 Å². The largest absolute Gasteiger partial charge is 0.398 e. The fourth-order valence-corrected chi connectivity index (χ4v) is 3.06. The lowest BCUT2D eigenvalue weighted by molar-refractivity contribution is 0.154. The van der Waals surface area contributed by atoms with E-state index in [4.69, 9.17) is 5.73 Å². The number of piperazine rings is 1. The van der Waals surface area contributed by atoms with Crippen LogP contribution in [0.5, 0.6) is 0 Å². The normalized spacial score (nSPS) is 18.1. The van der Waals surface area contributed by atoms with Gasteiger partial charge in [-0.25, -0.2) is 0 Å². The van der Waals surface area contributed by atoms with Crippen LogP contribution in [0, 0.1) is 0 Å². The van der Waals surface area contributed by atoms with Gasteiger partial charge < -0.3 is 15.5 Å². The van der Waals surface area contributed by atoms with Gasteiger partial charge >= 0.3 is 0 Å². The summed E-state index contributed by atoms with van der Waals surface area (Å²) in [5, 5.41) is 0. The first-order valence-electron chi connectivity index (χ1n) is 6.64. The van der Waals surface area contributed by atoms with Gasteiger partial charge in [0.1, 0.15) is 0 Å². The maximum absolute atomic E-state index is 5.92. The molecule has 0 unspecified atom stereocenters. The summed E-state index contributed by atoms with van der Waals surface area (Å²) in [5.41, 5.74) is 6.83. The highest BCUT2D eigenvalue weighted by atomic mass is 32.2. The molecule has 2 rings (SSSR count). The van der Waals surface area contributed by atoms with E-state index in [0.29, 0.717) is 0 Å². The molecule has 0 saturated carbocycles. The Morgan fingerprint density at radius 1 is 1.17 bits per heavy atom. The molecule has 1 fully saturated rings. The third-order valence-corrected chi connectivity index (χ3v) is 4.57. The van der Waals surface area contributed by atoms with Crippen molar-refractivity contribution in [1.82, 2.24) is 9.80 Å². The molecule has 1 aliphatic rings. The quantitative estimate of drug-likeness (QED) is 0.501. The van der Waals surface area contributed by atoms with Crippen molar-refractivity contribution < 1.29 is 0 Å². The van der Waals surface area contributed by atoms with Gasteiger partial charge in [-0.1, -0.05) is 12.1 Å². The van der Waals surface area contributed by atoms with Crippen LogP contribution in [-0.2, 0) is 0 Å². The van der Waals surface area contributed by atoms with Crippen molar-refractivity contribution in [3.05, 3.63) is 24.3 Å². The molecule has 1 saturated heterocycles. The minimum absolute atomic E-state index is 0.905. The zero-order valence-corrected chi connectivity index (χ0v) is 12.0. The molecule has 0 atom stereocenters. The van der Waals surface area contributed by atoms with Gasteiger partial charge in [0.2, 0.25) is 0 Å². The van der Waals surface area contributed by atoms with Crippen LogP contribution in [0.15, 0.2) is 29.2 Å². The van der Waals surface area contributed by atoms with Crippen LogP contribution >= 0.6 is 11.8 Å². The van der Waals surface area contributed by atoms with Gasteiger partial charge in [-0.3, -0.25) is 0 Å². The van der Waals surface area contributed by atoms with Gasteiger partial charge in [0.15, 0.2) is 0 Å². The van der Waals surface area contributed by atoms with E-state index in [-0.39, 0.29) is 0 Å². The first-order valence-corrected chi connectivity index (χ1v) is 7.62. The molecule has 2 N–H and O–H groups in total. The molecule has 0 bridgehead atoms. The average Bonchev–Trinajstić information content (AvgIpc) is 2.39. The molecule has 1 aromatic rings. The van der Waals surface area contributed by atoms with Crippen LogP contribution in [-0.4, -0.2) is 55.3 Å². The lowest BCUT2D eigenvalue weighted by atomic mass is 10.3. The third kappa shape index (κ3) is 4.19. The molecule has 0 aliphatic carbocycles. The number of anilines is 1. The van der Waals surface area contributed by atoms with Crippen molar-refractivity contribution in [2.75, 3.05) is 51.3 Å². The highest BCUT2D eigenvalue weighted by Gasteiger charge is 2.12. The molecular formula is C14H23N3S. The Kier molecular flexibility index (Phi) is 5.35. The summed E-state index contributed by atoms with van der Waals surface area (Å²) in [6.07, 6.45) is 1.24. The standard InChI is InChI=1S/C14H23N3S/c1-16-8-10-17(11-9-16)7-4-12-18-14-6-3-2-5-13(14)15/h2-3,5-6H,4,7-12,15H2,1H3. The highest BCUT2D eigenvalue weighted by molar-refractivity contribution is 7.99. The van der Waals surface area contributed by atoms with Gasteiger partial charge in [0.05, 0.1) is 0 Å². The van der Waals surface area contributed by atoms with Crippen LogP contribution < -0.4 is 5.73 Å². The van der Waals surface area contributed by atoms with Crippen LogP contribution in [0.3, 0.4) is 0 Å². The zero-order valence-electron chi connectivity index (χ0n) is 11.1. The zero-order chi connectivity index (χ0) is 12.8. The van der Waals surface area contributed by atoms with E-state index in [9.17, 15) is 0 Å². The van der Waals surface area contributed by atoms with Crippen molar-refractivity contribution in [3.8, 4) is 0 Å². The monoisotopic (exact) mass is 265 g/mol. The molecule has 3 nitrogen and oxygen atoms in total. The van der Waals surface area contributed by atoms with E-state index in [0.717, 1.165) is 11.4 Å². The minimum Gasteiger partial charge on any atom is -0.398 e. The summed E-state index contributed by atoms with van der Waals surface area (Å²) in [6.45, 7) is 6.06. The summed E-state index contributed by atoms with van der Waals surface area (Å²) in [6, 6.07) is 8.13. The maximum Gasteiger partial charge on any atom is 0.0452 e. The predicted molar refractivity (Wildman–Crippen MR) is 80.1 cm³/mol. The van der Waals surface area contributed by atoms with Crippen molar-refractivity contribution in [2.24, 2.45) is 0 Å². The SMILES string of the molecule is CN1CCN(CCCSc2ccccc2N)CC1. The number of hydrogen-bond acceptors (Lipinski definition) is 4. The van der Waals surface area contributed by atoms with Gasteiger partial charge in [-0.05, 0) is 37.9 Å². The van der Waals surface area contributed by atoms with E-state index in [1.165, 1.54) is 44.0 Å².